The molecule has 0 aromatic heterocycles. The molecular weight excluding hydrogens is 375 g/mol. The number of hydrogen-bond donors (Lipinski definition) is 0. The lowest BCUT2D eigenvalue weighted by molar-refractivity contribution is 0.0506. The third-order valence-electron chi connectivity index (χ3n) is 4.47. The zero-order valence-electron chi connectivity index (χ0n) is 13.0. The minimum atomic E-state index is -3.04. The third kappa shape index (κ3) is 3.06. The van der Waals surface area contributed by atoms with E-state index in [-0.39, 0.29) is 45.4 Å². The lowest BCUT2D eigenvalue weighted by atomic mass is 10.1. The van der Waals surface area contributed by atoms with Crippen molar-refractivity contribution in [1.29, 1.82) is 0 Å². The Morgan fingerprint density at radius 3 is 2.12 bits per heavy atom. The van der Waals surface area contributed by atoms with Crippen molar-refractivity contribution >= 4 is 44.9 Å². The van der Waals surface area contributed by atoms with Crippen LogP contribution < -0.4 is 0 Å². The minimum absolute atomic E-state index is 0.0538. The summed E-state index contributed by atoms with van der Waals surface area (Å²) >= 11 is 11.9. The Bertz CT molecular complexity index is 784. The molecule has 3 rings (SSSR count). The molecule has 1 aromatic rings. The molecule has 9 heteroatoms. The summed E-state index contributed by atoms with van der Waals surface area (Å²) < 4.78 is 23.4. The number of halogens is 2. The molecule has 0 N–H and O–H groups in total. The van der Waals surface area contributed by atoms with Crippen molar-refractivity contribution in [2.24, 2.45) is 0 Å². The summed E-state index contributed by atoms with van der Waals surface area (Å²) in [5, 5.41) is 0.431. The van der Waals surface area contributed by atoms with Crippen LogP contribution >= 0.6 is 23.2 Å². The Labute approximate surface area is 150 Å². The van der Waals surface area contributed by atoms with Gasteiger partial charge in [0.05, 0.1) is 39.3 Å². The van der Waals surface area contributed by atoms with Gasteiger partial charge in [-0.05, 0) is 25.1 Å². The molecule has 1 atom stereocenters. The quantitative estimate of drug-likeness (QED) is 0.735. The average Bonchev–Trinajstić information content (AvgIpc) is 2.98. The van der Waals surface area contributed by atoms with E-state index in [4.69, 9.17) is 23.2 Å². The lowest BCUT2D eigenvalue weighted by Crippen LogP contribution is -2.46. The molecular formula is C15H16Cl2N2O4S. The molecule has 2 aliphatic rings. The summed E-state index contributed by atoms with van der Waals surface area (Å²) in [6.07, 6.45) is 0.511. The second-order valence-corrected chi connectivity index (χ2v) is 9.00. The molecule has 0 saturated carbocycles. The number of carbonyl (C=O) groups excluding carboxylic acids is 2. The van der Waals surface area contributed by atoms with Crippen LogP contribution in [0.4, 0.5) is 0 Å². The molecule has 0 aliphatic carbocycles. The second-order valence-electron chi connectivity index (χ2n) is 5.95. The second kappa shape index (κ2) is 6.29. The molecule has 0 radical (unpaired) electrons. The van der Waals surface area contributed by atoms with Crippen LogP contribution in [0.5, 0.6) is 0 Å². The molecule has 0 unspecified atom stereocenters. The van der Waals surface area contributed by atoms with E-state index in [9.17, 15) is 18.0 Å². The number of amides is 2. The van der Waals surface area contributed by atoms with Gasteiger partial charge in [-0.1, -0.05) is 30.1 Å². The smallest absolute Gasteiger partial charge is 0.262 e. The number of benzene rings is 1. The highest BCUT2D eigenvalue weighted by Crippen LogP contribution is 2.32. The van der Waals surface area contributed by atoms with Crippen molar-refractivity contribution in [1.82, 2.24) is 9.80 Å². The van der Waals surface area contributed by atoms with Gasteiger partial charge in [-0.15, -0.1) is 0 Å². The van der Waals surface area contributed by atoms with Gasteiger partial charge in [0.2, 0.25) is 0 Å². The van der Waals surface area contributed by atoms with E-state index in [1.165, 1.54) is 12.1 Å². The molecule has 24 heavy (non-hydrogen) atoms. The molecule has 1 saturated heterocycles. The summed E-state index contributed by atoms with van der Waals surface area (Å²) in [7, 11) is -3.04. The monoisotopic (exact) mass is 390 g/mol. The fraction of sp³-hybridized carbons (Fsp3) is 0.467. The van der Waals surface area contributed by atoms with E-state index in [0.29, 0.717) is 13.0 Å². The van der Waals surface area contributed by atoms with E-state index in [2.05, 4.69) is 0 Å². The molecule has 1 aromatic carbocycles. The molecule has 2 amide bonds. The molecule has 6 nitrogen and oxygen atoms in total. The molecule has 2 heterocycles. The summed E-state index contributed by atoms with van der Waals surface area (Å²) in [4.78, 5) is 28.0. The van der Waals surface area contributed by atoms with Crippen molar-refractivity contribution in [3.8, 4) is 0 Å². The first-order valence-corrected chi connectivity index (χ1v) is 10.1. The Morgan fingerprint density at radius 1 is 1.17 bits per heavy atom. The molecule has 0 bridgehead atoms. The molecule has 0 spiro atoms. The van der Waals surface area contributed by atoms with E-state index >= 15 is 0 Å². The van der Waals surface area contributed by atoms with Gasteiger partial charge < -0.3 is 0 Å². The van der Waals surface area contributed by atoms with Crippen LogP contribution in [0.2, 0.25) is 10.0 Å². The van der Waals surface area contributed by atoms with Crippen LogP contribution in [0.1, 0.15) is 34.1 Å². The Balaban J connectivity index is 1.83. The van der Waals surface area contributed by atoms with Gasteiger partial charge >= 0.3 is 0 Å². The predicted octanol–water partition coefficient (Wildman–Crippen LogP) is 2.06. The van der Waals surface area contributed by atoms with Crippen molar-refractivity contribution in [2.75, 3.05) is 24.7 Å². The predicted molar refractivity (Wildman–Crippen MR) is 91.3 cm³/mol. The standard InChI is InChI=1S/C15H16Cl2N2O4S/c1-2-18(9-3-4-24(22,23)7-9)8-19-14(20)10-5-12(16)13(17)6-11(10)15(19)21/h5-6,9H,2-4,7-8H2,1H3/t9-/m0/s1. The number of sulfone groups is 1. The fourth-order valence-electron chi connectivity index (χ4n) is 3.13. The highest BCUT2D eigenvalue weighted by molar-refractivity contribution is 7.91. The SMILES string of the molecule is CCN(CN1C(=O)c2cc(Cl)c(Cl)cc2C1=O)[C@H]1CCS(=O)(=O)C1. The topological polar surface area (TPSA) is 74.8 Å². The van der Waals surface area contributed by atoms with Gasteiger partial charge in [0.25, 0.3) is 11.8 Å². The first kappa shape index (κ1) is 17.7. The van der Waals surface area contributed by atoms with Crippen molar-refractivity contribution < 1.29 is 18.0 Å². The normalized spacial score (nSPS) is 22.5. The van der Waals surface area contributed by atoms with Gasteiger partial charge in [0.1, 0.15) is 0 Å². The van der Waals surface area contributed by atoms with Crippen molar-refractivity contribution in [3.63, 3.8) is 0 Å². The fourth-order valence-corrected chi connectivity index (χ4v) is 5.22. The third-order valence-corrected chi connectivity index (χ3v) is 6.94. The Hall–Kier alpha value is -1.15. The maximum Gasteiger partial charge on any atom is 0.262 e. The molecule has 130 valence electrons. The Kier molecular flexibility index (Phi) is 4.63. The van der Waals surface area contributed by atoms with E-state index in [1.54, 1.807) is 0 Å². The first-order valence-electron chi connectivity index (χ1n) is 7.53. The van der Waals surface area contributed by atoms with Crippen LogP contribution in [-0.4, -0.2) is 60.8 Å². The van der Waals surface area contributed by atoms with Crippen LogP contribution in [0, 0.1) is 0 Å². The summed E-state index contributed by atoms with van der Waals surface area (Å²) in [5.74, 6) is -0.677. The van der Waals surface area contributed by atoms with E-state index in [0.717, 1.165) is 4.90 Å². The van der Waals surface area contributed by atoms with Crippen LogP contribution in [-0.2, 0) is 9.84 Å². The van der Waals surface area contributed by atoms with E-state index < -0.39 is 21.7 Å². The lowest BCUT2D eigenvalue weighted by Gasteiger charge is -2.30. The van der Waals surface area contributed by atoms with E-state index in [1.807, 2.05) is 11.8 Å². The largest absolute Gasteiger partial charge is 0.282 e. The number of nitrogens with zero attached hydrogens (tertiary/aromatic N) is 2. The average molecular weight is 391 g/mol. The van der Waals surface area contributed by atoms with Gasteiger partial charge in [0.15, 0.2) is 9.84 Å². The van der Waals surface area contributed by atoms with Gasteiger partial charge in [-0.25, -0.2) is 8.42 Å². The zero-order chi connectivity index (χ0) is 17.6. The van der Waals surface area contributed by atoms with Crippen LogP contribution in [0.3, 0.4) is 0 Å². The summed E-state index contributed by atoms with van der Waals surface area (Å²) in [5.41, 5.74) is 0.453. The number of fused-ring (bicyclic) bond motifs is 1. The molecule has 1 fully saturated rings. The highest BCUT2D eigenvalue weighted by atomic mass is 35.5. The first-order chi connectivity index (χ1) is 11.2. The number of hydrogen-bond acceptors (Lipinski definition) is 5. The number of rotatable bonds is 4. The summed E-state index contributed by atoms with van der Waals surface area (Å²) in [6.45, 7) is 2.46. The Morgan fingerprint density at radius 2 is 1.71 bits per heavy atom. The maximum absolute atomic E-state index is 12.5. The zero-order valence-corrected chi connectivity index (χ0v) is 15.3. The number of imide groups is 1. The maximum atomic E-state index is 12.5. The van der Waals surface area contributed by atoms with Crippen LogP contribution in [0.25, 0.3) is 0 Å². The summed E-state index contributed by atoms with van der Waals surface area (Å²) in [6, 6.07) is 2.61. The number of carbonyl (C=O) groups is 2. The van der Waals surface area contributed by atoms with Gasteiger partial charge in [0, 0.05) is 6.04 Å². The molecule has 2 aliphatic heterocycles. The van der Waals surface area contributed by atoms with Crippen molar-refractivity contribution in [3.05, 3.63) is 33.3 Å². The van der Waals surface area contributed by atoms with Crippen molar-refractivity contribution in [2.45, 2.75) is 19.4 Å². The minimum Gasteiger partial charge on any atom is -0.282 e. The van der Waals surface area contributed by atoms with Gasteiger partial charge in [-0.3, -0.25) is 19.4 Å². The highest BCUT2D eigenvalue weighted by Gasteiger charge is 2.39. The van der Waals surface area contributed by atoms with Gasteiger partial charge in [-0.2, -0.15) is 0 Å². The van der Waals surface area contributed by atoms with Crippen LogP contribution in [0.15, 0.2) is 12.1 Å².